The van der Waals surface area contributed by atoms with Crippen LogP contribution in [0.5, 0.6) is 0 Å². The van der Waals surface area contributed by atoms with Gasteiger partial charge in [-0.2, -0.15) is 0 Å². The maximum Gasteiger partial charge on any atom is 0.134 e. The molecule has 0 atom stereocenters. The molecule has 0 aliphatic carbocycles. The SMILES string of the molecule is CCCNc1cc(N(CC)CC(C)(C)O)ncn1. The van der Waals surface area contributed by atoms with Gasteiger partial charge in [-0.05, 0) is 27.2 Å². The third kappa shape index (κ3) is 4.87. The first-order valence-electron chi connectivity index (χ1n) is 6.49. The minimum atomic E-state index is -0.738. The van der Waals surface area contributed by atoms with Crippen molar-refractivity contribution < 1.29 is 5.11 Å². The van der Waals surface area contributed by atoms with Crippen LogP contribution < -0.4 is 10.2 Å². The number of nitrogens with zero attached hydrogens (tertiary/aromatic N) is 3. The summed E-state index contributed by atoms with van der Waals surface area (Å²) in [6.07, 6.45) is 2.61. The minimum Gasteiger partial charge on any atom is -0.389 e. The van der Waals surface area contributed by atoms with Crippen LogP contribution in [0, 0.1) is 0 Å². The monoisotopic (exact) mass is 252 g/mol. The van der Waals surface area contributed by atoms with Crippen molar-refractivity contribution in [2.75, 3.05) is 29.9 Å². The second-order valence-corrected chi connectivity index (χ2v) is 5.01. The zero-order valence-electron chi connectivity index (χ0n) is 11.8. The maximum absolute atomic E-state index is 9.89. The minimum absolute atomic E-state index is 0.549. The molecule has 0 unspecified atom stereocenters. The van der Waals surface area contributed by atoms with Crippen molar-refractivity contribution >= 4 is 11.6 Å². The fourth-order valence-corrected chi connectivity index (χ4v) is 1.69. The highest BCUT2D eigenvalue weighted by Crippen LogP contribution is 2.16. The van der Waals surface area contributed by atoms with Crippen LogP contribution in [-0.4, -0.2) is 40.3 Å². The number of hydrogen-bond acceptors (Lipinski definition) is 5. The van der Waals surface area contributed by atoms with E-state index >= 15 is 0 Å². The first-order valence-corrected chi connectivity index (χ1v) is 6.49. The van der Waals surface area contributed by atoms with Gasteiger partial charge in [0.05, 0.1) is 5.60 Å². The molecule has 0 saturated carbocycles. The van der Waals surface area contributed by atoms with E-state index in [-0.39, 0.29) is 0 Å². The van der Waals surface area contributed by atoms with E-state index in [9.17, 15) is 5.11 Å². The van der Waals surface area contributed by atoms with Crippen molar-refractivity contribution in [3.63, 3.8) is 0 Å². The Morgan fingerprint density at radius 2 is 2.06 bits per heavy atom. The Bertz CT molecular complexity index is 362. The van der Waals surface area contributed by atoms with Crippen LogP contribution in [0.4, 0.5) is 11.6 Å². The highest BCUT2D eigenvalue weighted by atomic mass is 16.3. The molecule has 0 saturated heterocycles. The number of likely N-dealkylation sites (N-methyl/N-ethyl adjacent to an activating group) is 1. The summed E-state index contributed by atoms with van der Waals surface area (Å²) in [5.41, 5.74) is -0.738. The molecule has 1 heterocycles. The van der Waals surface area contributed by atoms with Crippen molar-refractivity contribution in [2.24, 2.45) is 0 Å². The van der Waals surface area contributed by atoms with Crippen molar-refractivity contribution in [3.05, 3.63) is 12.4 Å². The largest absolute Gasteiger partial charge is 0.389 e. The Morgan fingerprint density at radius 3 is 2.61 bits per heavy atom. The summed E-state index contributed by atoms with van der Waals surface area (Å²) in [4.78, 5) is 10.5. The van der Waals surface area contributed by atoms with E-state index < -0.39 is 5.60 Å². The summed E-state index contributed by atoms with van der Waals surface area (Å²) < 4.78 is 0. The van der Waals surface area contributed by atoms with E-state index in [0.717, 1.165) is 31.1 Å². The average molecular weight is 252 g/mol. The van der Waals surface area contributed by atoms with Gasteiger partial charge in [0.25, 0.3) is 0 Å². The fourth-order valence-electron chi connectivity index (χ4n) is 1.69. The highest BCUT2D eigenvalue weighted by Gasteiger charge is 2.18. The topological polar surface area (TPSA) is 61.3 Å². The lowest BCUT2D eigenvalue weighted by molar-refractivity contribution is 0.0874. The molecule has 0 aromatic carbocycles. The molecule has 102 valence electrons. The van der Waals surface area contributed by atoms with Gasteiger partial charge in [0.1, 0.15) is 18.0 Å². The summed E-state index contributed by atoms with van der Waals surface area (Å²) in [6, 6.07) is 1.92. The van der Waals surface area contributed by atoms with Gasteiger partial charge in [-0.25, -0.2) is 9.97 Å². The number of hydrogen-bond donors (Lipinski definition) is 2. The van der Waals surface area contributed by atoms with Crippen molar-refractivity contribution in [1.29, 1.82) is 0 Å². The predicted octanol–water partition coefficient (Wildman–Crippen LogP) is 1.90. The summed E-state index contributed by atoms with van der Waals surface area (Å²) in [6.45, 7) is 10.0. The number of nitrogens with one attached hydrogen (secondary N) is 1. The Morgan fingerprint density at radius 1 is 1.33 bits per heavy atom. The predicted molar refractivity (Wildman–Crippen MR) is 75.0 cm³/mol. The van der Waals surface area contributed by atoms with Crippen molar-refractivity contribution in [3.8, 4) is 0 Å². The standard InChI is InChI=1S/C13H24N4O/c1-5-7-14-11-8-12(16-10-15-11)17(6-2)9-13(3,4)18/h8,10,18H,5-7,9H2,1-4H3,(H,14,15,16). The highest BCUT2D eigenvalue weighted by molar-refractivity contribution is 5.48. The van der Waals surface area contributed by atoms with E-state index in [1.807, 2.05) is 17.9 Å². The maximum atomic E-state index is 9.89. The smallest absolute Gasteiger partial charge is 0.134 e. The van der Waals surface area contributed by atoms with Gasteiger partial charge in [0.15, 0.2) is 0 Å². The Balaban J connectivity index is 2.79. The van der Waals surface area contributed by atoms with Gasteiger partial charge in [0, 0.05) is 25.7 Å². The molecule has 0 aliphatic heterocycles. The van der Waals surface area contributed by atoms with Gasteiger partial charge < -0.3 is 15.3 Å². The summed E-state index contributed by atoms with van der Waals surface area (Å²) in [5, 5.41) is 13.1. The van der Waals surface area contributed by atoms with E-state index in [0.29, 0.717) is 6.54 Å². The first kappa shape index (κ1) is 14.7. The molecule has 18 heavy (non-hydrogen) atoms. The molecule has 5 nitrogen and oxygen atoms in total. The van der Waals surface area contributed by atoms with E-state index in [1.54, 1.807) is 20.2 Å². The molecule has 0 aliphatic rings. The van der Waals surface area contributed by atoms with Crippen LogP contribution in [0.3, 0.4) is 0 Å². The molecular weight excluding hydrogens is 228 g/mol. The van der Waals surface area contributed by atoms with Crippen LogP contribution >= 0.6 is 0 Å². The Labute approximate surface area is 109 Å². The third-order valence-electron chi connectivity index (χ3n) is 2.49. The zero-order chi connectivity index (χ0) is 13.6. The lowest BCUT2D eigenvalue weighted by Crippen LogP contribution is -2.39. The lowest BCUT2D eigenvalue weighted by Gasteiger charge is -2.29. The first-order chi connectivity index (χ1) is 8.46. The quantitative estimate of drug-likeness (QED) is 0.776. The third-order valence-corrected chi connectivity index (χ3v) is 2.49. The normalized spacial score (nSPS) is 11.4. The second-order valence-electron chi connectivity index (χ2n) is 5.01. The lowest BCUT2D eigenvalue weighted by atomic mass is 10.1. The summed E-state index contributed by atoms with van der Waals surface area (Å²) in [7, 11) is 0. The molecular formula is C13H24N4O. The van der Waals surface area contributed by atoms with Crippen LogP contribution in [0.15, 0.2) is 12.4 Å². The number of aliphatic hydroxyl groups is 1. The fraction of sp³-hybridized carbons (Fsp3) is 0.692. The summed E-state index contributed by atoms with van der Waals surface area (Å²) >= 11 is 0. The van der Waals surface area contributed by atoms with E-state index in [1.165, 1.54) is 0 Å². The number of anilines is 2. The van der Waals surface area contributed by atoms with Gasteiger partial charge in [-0.15, -0.1) is 0 Å². The van der Waals surface area contributed by atoms with Crippen LogP contribution in [-0.2, 0) is 0 Å². The molecule has 0 bridgehead atoms. The van der Waals surface area contributed by atoms with E-state index in [2.05, 4.69) is 22.2 Å². The molecule has 1 aromatic rings. The van der Waals surface area contributed by atoms with Crippen molar-refractivity contribution in [2.45, 2.75) is 39.7 Å². The van der Waals surface area contributed by atoms with Crippen LogP contribution in [0.2, 0.25) is 0 Å². The van der Waals surface area contributed by atoms with Gasteiger partial charge in [0.2, 0.25) is 0 Å². The van der Waals surface area contributed by atoms with E-state index in [4.69, 9.17) is 0 Å². The second kappa shape index (κ2) is 6.54. The average Bonchev–Trinajstić information content (AvgIpc) is 2.32. The van der Waals surface area contributed by atoms with Gasteiger partial charge in [-0.1, -0.05) is 6.92 Å². The van der Waals surface area contributed by atoms with Crippen LogP contribution in [0.25, 0.3) is 0 Å². The molecule has 2 N–H and O–H groups in total. The van der Waals surface area contributed by atoms with Gasteiger partial charge >= 0.3 is 0 Å². The van der Waals surface area contributed by atoms with Crippen molar-refractivity contribution in [1.82, 2.24) is 9.97 Å². The van der Waals surface area contributed by atoms with Gasteiger partial charge in [-0.3, -0.25) is 0 Å². The molecule has 0 amide bonds. The molecule has 5 heteroatoms. The molecule has 1 aromatic heterocycles. The Hall–Kier alpha value is -1.36. The van der Waals surface area contributed by atoms with Crippen LogP contribution in [0.1, 0.15) is 34.1 Å². The summed E-state index contributed by atoms with van der Waals surface area (Å²) in [5.74, 6) is 1.67. The molecule has 0 fully saturated rings. The number of rotatable bonds is 7. The molecule has 0 radical (unpaired) electrons. The zero-order valence-corrected chi connectivity index (χ0v) is 11.8. The molecule has 1 rings (SSSR count). The Kier molecular flexibility index (Phi) is 5.34. The molecule has 0 spiro atoms. The number of aromatic nitrogens is 2.